The third-order valence-corrected chi connectivity index (χ3v) is 5.57. The molecule has 1 aromatic carbocycles. The van der Waals surface area contributed by atoms with Crippen molar-refractivity contribution in [3.8, 4) is 0 Å². The Bertz CT molecular complexity index is 598. The molecule has 1 aromatic rings. The van der Waals surface area contributed by atoms with E-state index in [9.17, 15) is 9.59 Å². The van der Waals surface area contributed by atoms with Gasteiger partial charge >= 0.3 is 0 Å². The molecule has 2 heterocycles. The molecule has 4 atom stereocenters. The van der Waals surface area contributed by atoms with E-state index >= 15 is 0 Å². The molecule has 2 fully saturated rings. The minimum absolute atomic E-state index is 0.000892. The van der Waals surface area contributed by atoms with E-state index in [1.807, 2.05) is 37.3 Å². The first-order valence-electron chi connectivity index (χ1n) is 9.44. The molecule has 0 radical (unpaired) electrons. The second kappa shape index (κ2) is 8.00. The summed E-state index contributed by atoms with van der Waals surface area (Å²) in [6.45, 7) is 6.26. The van der Waals surface area contributed by atoms with Gasteiger partial charge in [0.05, 0.1) is 0 Å². The van der Waals surface area contributed by atoms with Crippen molar-refractivity contribution < 1.29 is 9.59 Å². The maximum Gasteiger partial charge on any atom is 0.249 e. The van der Waals surface area contributed by atoms with Gasteiger partial charge in [-0.2, -0.15) is 0 Å². The molecule has 0 saturated carbocycles. The number of hydrogen-bond donors (Lipinski definition) is 2. The van der Waals surface area contributed by atoms with Gasteiger partial charge in [0.1, 0.15) is 6.04 Å². The highest BCUT2D eigenvalue weighted by Gasteiger charge is 2.38. The molecule has 2 N–H and O–H groups in total. The van der Waals surface area contributed by atoms with E-state index in [1.54, 1.807) is 4.90 Å². The van der Waals surface area contributed by atoms with Crippen LogP contribution in [-0.2, 0) is 9.59 Å². The fraction of sp³-hybridized carbons (Fsp3) is 0.600. The molecule has 0 aliphatic carbocycles. The standard InChI is InChI=1S/C20H29N3O2/c1-14(16-7-6-10-21-13-16)11-19(24)22-18-12-15(2)23(20(18)25)17-8-4-3-5-9-17/h3-5,8-9,14-16,18,21H,6-7,10-13H2,1-2H3,(H,22,24). The molecule has 0 spiro atoms. The first kappa shape index (κ1) is 17.9. The first-order valence-corrected chi connectivity index (χ1v) is 9.44. The number of carbonyl (C=O) groups is 2. The molecule has 2 aliphatic heterocycles. The van der Waals surface area contributed by atoms with Crippen LogP contribution in [0, 0.1) is 11.8 Å². The maximum atomic E-state index is 12.7. The zero-order valence-electron chi connectivity index (χ0n) is 15.2. The third kappa shape index (κ3) is 4.21. The Hall–Kier alpha value is -1.88. The Kier molecular flexibility index (Phi) is 5.74. The summed E-state index contributed by atoms with van der Waals surface area (Å²) in [5.74, 6) is 0.892. The molecule has 0 aromatic heterocycles. The molecule has 25 heavy (non-hydrogen) atoms. The van der Waals surface area contributed by atoms with Crippen LogP contribution in [-0.4, -0.2) is 37.0 Å². The smallest absolute Gasteiger partial charge is 0.249 e. The van der Waals surface area contributed by atoms with E-state index in [0.717, 1.165) is 18.8 Å². The van der Waals surface area contributed by atoms with Gasteiger partial charge in [0.25, 0.3) is 0 Å². The summed E-state index contributed by atoms with van der Waals surface area (Å²) in [5, 5.41) is 6.38. The zero-order chi connectivity index (χ0) is 17.8. The Morgan fingerprint density at radius 3 is 2.80 bits per heavy atom. The number of nitrogens with one attached hydrogen (secondary N) is 2. The van der Waals surface area contributed by atoms with Crippen molar-refractivity contribution in [2.75, 3.05) is 18.0 Å². The lowest BCUT2D eigenvalue weighted by Gasteiger charge is -2.28. The molecule has 2 amide bonds. The lowest BCUT2D eigenvalue weighted by molar-refractivity contribution is -0.127. The number of carbonyl (C=O) groups excluding carboxylic acids is 2. The second-order valence-corrected chi connectivity index (χ2v) is 7.54. The Morgan fingerprint density at radius 1 is 1.36 bits per heavy atom. The van der Waals surface area contributed by atoms with Gasteiger partial charge < -0.3 is 15.5 Å². The van der Waals surface area contributed by atoms with Crippen LogP contribution >= 0.6 is 0 Å². The van der Waals surface area contributed by atoms with Crippen LogP contribution in [0.5, 0.6) is 0 Å². The van der Waals surface area contributed by atoms with Gasteiger partial charge in [-0.05, 0) is 63.2 Å². The van der Waals surface area contributed by atoms with E-state index in [1.165, 1.54) is 12.8 Å². The summed E-state index contributed by atoms with van der Waals surface area (Å²) in [4.78, 5) is 27.0. The van der Waals surface area contributed by atoms with Crippen molar-refractivity contribution in [3.63, 3.8) is 0 Å². The Balaban J connectivity index is 1.56. The van der Waals surface area contributed by atoms with Gasteiger partial charge in [-0.25, -0.2) is 0 Å². The lowest BCUT2D eigenvalue weighted by Crippen LogP contribution is -2.43. The van der Waals surface area contributed by atoms with Crippen LogP contribution in [0.4, 0.5) is 5.69 Å². The summed E-state index contributed by atoms with van der Waals surface area (Å²) in [6.07, 6.45) is 3.53. The second-order valence-electron chi connectivity index (χ2n) is 7.54. The molecule has 136 valence electrons. The fourth-order valence-electron chi connectivity index (χ4n) is 4.10. The van der Waals surface area contributed by atoms with Crippen LogP contribution in [0.15, 0.2) is 30.3 Å². The number of hydrogen-bond acceptors (Lipinski definition) is 3. The van der Waals surface area contributed by atoms with E-state index in [0.29, 0.717) is 24.7 Å². The summed E-state index contributed by atoms with van der Waals surface area (Å²) in [6, 6.07) is 9.38. The summed E-state index contributed by atoms with van der Waals surface area (Å²) in [5.41, 5.74) is 0.901. The van der Waals surface area contributed by atoms with Crippen molar-refractivity contribution >= 4 is 17.5 Å². The number of benzene rings is 1. The highest BCUT2D eigenvalue weighted by atomic mass is 16.2. The van der Waals surface area contributed by atoms with Gasteiger partial charge in [0, 0.05) is 18.2 Å². The molecule has 3 rings (SSSR count). The summed E-state index contributed by atoms with van der Waals surface area (Å²) >= 11 is 0. The zero-order valence-corrected chi connectivity index (χ0v) is 15.2. The summed E-state index contributed by atoms with van der Waals surface area (Å²) in [7, 11) is 0. The molecule has 2 aliphatic rings. The molecular formula is C20H29N3O2. The van der Waals surface area contributed by atoms with E-state index in [2.05, 4.69) is 17.6 Å². The Morgan fingerprint density at radius 2 is 2.12 bits per heavy atom. The monoisotopic (exact) mass is 343 g/mol. The van der Waals surface area contributed by atoms with Crippen LogP contribution in [0.1, 0.15) is 39.5 Å². The molecule has 5 nitrogen and oxygen atoms in total. The average molecular weight is 343 g/mol. The van der Waals surface area contributed by atoms with Crippen molar-refractivity contribution in [2.24, 2.45) is 11.8 Å². The van der Waals surface area contributed by atoms with Crippen LogP contribution in [0.2, 0.25) is 0 Å². The van der Waals surface area contributed by atoms with Crippen molar-refractivity contribution in [3.05, 3.63) is 30.3 Å². The number of rotatable bonds is 5. The highest BCUT2D eigenvalue weighted by Crippen LogP contribution is 2.27. The van der Waals surface area contributed by atoms with Gasteiger partial charge in [-0.1, -0.05) is 25.1 Å². The van der Waals surface area contributed by atoms with E-state index in [4.69, 9.17) is 0 Å². The number of piperidine rings is 1. The van der Waals surface area contributed by atoms with Crippen molar-refractivity contribution in [1.29, 1.82) is 0 Å². The maximum absolute atomic E-state index is 12.7. The summed E-state index contributed by atoms with van der Waals surface area (Å²) < 4.78 is 0. The quantitative estimate of drug-likeness (QED) is 0.862. The van der Waals surface area contributed by atoms with Crippen molar-refractivity contribution in [1.82, 2.24) is 10.6 Å². The fourth-order valence-corrected chi connectivity index (χ4v) is 4.10. The predicted molar refractivity (Wildman–Crippen MR) is 99.3 cm³/mol. The average Bonchev–Trinajstić information content (AvgIpc) is 2.89. The van der Waals surface area contributed by atoms with Crippen LogP contribution < -0.4 is 15.5 Å². The topological polar surface area (TPSA) is 61.4 Å². The minimum atomic E-state index is -0.403. The SMILES string of the molecule is CC(CC(=O)NC1CC(C)N(c2ccccc2)C1=O)C1CCCNC1. The minimum Gasteiger partial charge on any atom is -0.344 e. The van der Waals surface area contributed by atoms with E-state index < -0.39 is 6.04 Å². The molecule has 0 bridgehead atoms. The predicted octanol–water partition coefficient (Wildman–Crippen LogP) is 2.32. The van der Waals surface area contributed by atoms with Gasteiger partial charge in [-0.3, -0.25) is 9.59 Å². The van der Waals surface area contributed by atoms with Gasteiger partial charge in [0.15, 0.2) is 0 Å². The molecule has 2 saturated heterocycles. The van der Waals surface area contributed by atoms with E-state index in [-0.39, 0.29) is 17.9 Å². The van der Waals surface area contributed by atoms with Crippen LogP contribution in [0.25, 0.3) is 0 Å². The lowest BCUT2D eigenvalue weighted by atomic mass is 9.85. The largest absolute Gasteiger partial charge is 0.344 e. The van der Waals surface area contributed by atoms with Gasteiger partial charge in [0.2, 0.25) is 11.8 Å². The molecule has 5 heteroatoms. The number of para-hydroxylation sites is 1. The molecular weight excluding hydrogens is 314 g/mol. The number of amides is 2. The molecule has 4 unspecified atom stereocenters. The Labute approximate surface area is 150 Å². The first-order chi connectivity index (χ1) is 12.1. The van der Waals surface area contributed by atoms with Crippen molar-refractivity contribution in [2.45, 2.75) is 51.6 Å². The number of nitrogens with zero attached hydrogens (tertiary/aromatic N) is 1. The third-order valence-electron chi connectivity index (χ3n) is 5.57. The highest BCUT2D eigenvalue weighted by molar-refractivity contribution is 6.02. The van der Waals surface area contributed by atoms with Crippen LogP contribution in [0.3, 0.4) is 0 Å². The number of anilines is 1. The normalized spacial score (nSPS) is 28.0. The van der Waals surface area contributed by atoms with Gasteiger partial charge in [-0.15, -0.1) is 0 Å².